The summed E-state index contributed by atoms with van der Waals surface area (Å²) >= 11 is 0. The fraction of sp³-hybridized carbons (Fsp3) is 0.656. The van der Waals surface area contributed by atoms with Crippen LogP contribution in [-0.4, -0.2) is 87.3 Å². The van der Waals surface area contributed by atoms with E-state index in [1.54, 1.807) is 0 Å². The van der Waals surface area contributed by atoms with Crippen molar-refractivity contribution >= 4 is 5.97 Å². The van der Waals surface area contributed by atoms with Gasteiger partial charge in [0.1, 0.15) is 31.3 Å². The van der Waals surface area contributed by atoms with Crippen LogP contribution >= 0.6 is 0 Å². The van der Waals surface area contributed by atoms with Crippen LogP contribution in [0.1, 0.15) is 58.9 Å². The molecule has 8 heteroatoms. The van der Waals surface area contributed by atoms with Crippen LogP contribution in [0, 0.1) is 5.92 Å². The number of hydrogen-bond donors (Lipinski definition) is 2. The minimum atomic E-state index is -0.186. The number of benzene rings is 1. The number of hydrogen-bond acceptors (Lipinski definition) is 8. The lowest BCUT2D eigenvalue weighted by atomic mass is 9.71. The largest absolute Gasteiger partial charge is 0.491 e. The molecule has 0 bridgehead atoms. The van der Waals surface area contributed by atoms with Crippen LogP contribution in [0.4, 0.5) is 0 Å². The van der Waals surface area contributed by atoms with Crippen molar-refractivity contribution in [1.29, 1.82) is 0 Å². The number of carbonyl (C=O) groups is 1. The summed E-state index contributed by atoms with van der Waals surface area (Å²) in [5.41, 5.74) is 1.06. The first kappa shape index (κ1) is 32.1. The second-order valence-corrected chi connectivity index (χ2v) is 11.8. The van der Waals surface area contributed by atoms with Gasteiger partial charge in [-0.2, -0.15) is 0 Å². The second kappa shape index (κ2) is 16.2. The van der Waals surface area contributed by atoms with E-state index in [9.17, 15) is 4.79 Å². The molecular formula is C32H50N2O6. The molecule has 40 heavy (non-hydrogen) atoms. The third-order valence-electron chi connectivity index (χ3n) is 7.88. The number of carbonyl (C=O) groups excluding carboxylic acids is 1. The van der Waals surface area contributed by atoms with Crippen LogP contribution < -0.4 is 10.1 Å². The fourth-order valence-electron chi connectivity index (χ4n) is 5.05. The Balaban J connectivity index is 1.28. The zero-order valence-electron chi connectivity index (χ0n) is 25.0. The highest BCUT2D eigenvalue weighted by atomic mass is 16.6. The third kappa shape index (κ3) is 10.9. The Kier molecular flexibility index (Phi) is 13.0. The first-order valence-electron chi connectivity index (χ1n) is 14.8. The Bertz CT molecular complexity index is 951. The molecule has 0 saturated carbocycles. The predicted octanol–water partition coefficient (Wildman–Crippen LogP) is 4.23. The number of morpholine rings is 1. The minimum Gasteiger partial charge on any atom is -0.491 e. The lowest BCUT2D eigenvalue weighted by Gasteiger charge is -2.34. The fourth-order valence-corrected chi connectivity index (χ4v) is 5.05. The molecule has 2 N–H and O–H groups in total. The number of nitrogens with zero attached hydrogens (tertiary/aromatic N) is 1. The molecule has 1 aromatic rings. The molecule has 3 rings (SSSR count). The van der Waals surface area contributed by atoms with E-state index in [1.807, 2.05) is 18.2 Å². The minimum absolute atomic E-state index is 0.00592. The maximum Gasteiger partial charge on any atom is 0.305 e. The van der Waals surface area contributed by atoms with E-state index in [0.29, 0.717) is 25.6 Å². The van der Waals surface area contributed by atoms with Gasteiger partial charge in [-0.1, -0.05) is 32.1 Å². The number of esters is 1. The number of nitrogens with one attached hydrogen (secondary N) is 1. The normalized spacial score (nSPS) is 18.3. The van der Waals surface area contributed by atoms with Crippen LogP contribution in [0.25, 0.3) is 0 Å². The van der Waals surface area contributed by atoms with Crippen molar-refractivity contribution in [2.45, 2.75) is 64.3 Å². The van der Waals surface area contributed by atoms with Crippen LogP contribution in [-0.2, 0) is 24.4 Å². The molecule has 0 aromatic heterocycles. The molecule has 2 aliphatic rings. The smallest absolute Gasteiger partial charge is 0.305 e. The molecule has 1 aromatic carbocycles. The molecule has 0 amide bonds. The molecule has 1 fully saturated rings. The summed E-state index contributed by atoms with van der Waals surface area (Å²) in [6.07, 6.45) is 9.40. The Labute approximate surface area is 240 Å². The molecule has 224 valence electrons. The summed E-state index contributed by atoms with van der Waals surface area (Å²) in [6, 6.07) is 8.09. The predicted molar refractivity (Wildman–Crippen MR) is 157 cm³/mol. The number of aliphatic hydroxyl groups excluding tert-OH is 1. The maximum absolute atomic E-state index is 12.3. The molecule has 1 unspecified atom stereocenters. The van der Waals surface area contributed by atoms with Gasteiger partial charge in [0.2, 0.25) is 0 Å². The quantitative estimate of drug-likeness (QED) is 0.217. The third-order valence-corrected chi connectivity index (χ3v) is 7.88. The van der Waals surface area contributed by atoms with Crippen LogP contribution in [0.3, 0.4) is 0 Å². The van der Waals surface area contributed by atoms with Gasteiger partial charge >= 0.3 is 5.97 Å². The summed E-state index contributed by atoms with van der Waals surface area (Å²) in [5.74, 6) is 1.73. The number of allylic oxidation sites excluding steroid dienone is 3. The Morgan fingerprint density at radius 1 is 1.07 bits per heavy atom. The van der Waals surface area contributed by atoms with Crippen LogP contribution in [0.15, 0.2) is 48.3 Å². The van der Waals surface area contributed by atoms with Crippen molar-refractivity contribution in [2.24, 2.45) is 5.92 Å². The topological polar surface area (TPSA) is 89.5 Å². The van der Waals surface area contributed by atoms with Crippen molar-refractivity contribution in [2.75, 3.05) is 65.8 Å². The van der Waals surface area contributed by atoms with Crippen molar-refractivity contribution in [1.82, 2.24) is 10.2 Å². The van der Waals surface area contributed by atoms with Gasteiger partial charge in [-0.25, -0.2) is 0 Å². The molecule has 1 aliphatic carbocycles. The van der Waals surface area contributed by atoms with Gasteiger partial charge in [0.15, 0.2) is 0 Å². The SMILES string of the molecule is CC(C)(CCC(=O)OCCOC1=CCC(C(C)(C)c2ccc(OCCO)cc2)C=C1)NCCCN1CCOCC1. The zero-order valence-corrected chi connectivity index (χ0v) is 25.0. The Hall–Kier alpha value is -2.39. The molecule has 0 spiro atoms. The van der Waals surface area contributed by atoms with Gasteiger partial charge < -0.3 is 29.4 Å². The summed E-state index contributed by atoms with van der Waals surface area (Å²) < 4.78 is 22.1. The van der Waals surface area contributed by atoms with Crippen LogP contribution in [0.2, 0.25) is 0 Å². The average molecular weight is 559 g/mol. The van der Waals surface area contributed by atoms with E-state index < -0.39 is 0 Å². The first-order valence-corrected chi connectivity index (χ1v) is 14.8. The summed E-state index contributed by atoms with van der Waals surface area (Å²) in [4.78, 5) is 14.7. The van der Waals surface area contributed by atoms with Gasteiger partial charge in [0.05, 0.1) is 19.8 Å². The van der Waals surface area contributed by atoms with Gasteiger partial charge in [0, 0.05) is 25.0 Å². The lowest BCUT2D eigenvalue weighted by Crippen LogP contribution is -2.42. The van der Waals surface area contributed by atoms with Crippen LogP contribution in [0.5, 0.6) is 5.75 Å². The number of rotatable bonds is 17. The van der Waals surface area contributed by atoms with Crippen molar-refractivity contribution in [3.05, 3.63) is 53.8 Å². The first-order chi connectivity index (χ1) is 19.2. The molecule has 1 atom stereocenters. The van der Waals surface area contributed by atoms with E-state index in [2.05, 4.69) is 62.2 Å². The highest BCUT2D eigenvalue weighted by Gasteiger charge is 2.30. The zero-order chi connectivity index (χ0) is 28.8. The Morgan fingerprint density at radius 2 is 1.82 bits per heavy atom. The summed E-state index contributed by atoms with van der Waals surface area (Å²) in [7, 11) is 0. The van der Waals surface area contributed by atoms with E-state index in [-0.39, 0.29) is 30.1 Å². The number of aliphatic hydroxyl groups is 1. The van der Waals surface area contributed by atoms with Gasteiger partial charge in [-0.15, -0.1) is 0 Å². The van der Waals surface area contributed by atoms with Crippen molar-refractivity contribution in [3.63, 3.8) is 0 Å². The average Bonchev–Trinajstić information content (AvgIpc) is 2.96. The molecule has 1 heterocycles. The standard InChI is InChI=1S/C32H50N2O6/c1-31(2,33-16-5-17-34-18-21-37-22-19-34)15-14-30(36)40-25-24-39-29-12-8-27(9-13-29)32(3,4)26-6-10-28(11-7-26)38-23-20-35/h6-8,10-13,27,33,35H,5,9,14-25H2,1-4H3. The van der Waals surface area contributed by atoms with Gasteiger partial charge in [0.25, 0.3) is 0 Å². The van der Waals surface area contributed by atoms with E-state index >= 15 is 0 Å². The lowest BCUT2D eigenvalue weighted by molar-refractivity contribution is -0.145. The van der Waals surface area contributed by atoms with E-state index in [4.69, 9.17) is 24.1 Å². The van der Waals surface area contributed by atoms with Gasteiger partial charge in [-0.3, -0.25) is 9.69 Å². The molecule has 1 aliphatic heterocycles. The summed E-state index contributed by atoms with van der Waals surface area (Å²) in [6.45, 7) is 15.4. The molecule has 8 nitrogen and oxygen atoms in total. The molecule has 0 radical (unpaired) electrons. The van der Waals surface area contributed by atoms with Crippen molar-refractivity contribution in [3.8, 4) is 5.75 Å². The van der Waals surface area contributed by atoms with E-state index in [1.165, 1.54) is 5.56 Å². The summed E-state index contributed by atoms with van der Waals surface area (Å²) in [5, 5.41) is 12.5. The second-order valence-electron chi connectivity index (χ2n) is 11.8. The maximum atomic E-state index is 12.3. The molecule has 1 saturated heterocycles. The van der Waals surface area contributed by atoms with Crippen molar-refractivity contribution < 1.29 is 28.8 Å². The highest BCUT2D eigenvalue weighted by Crippen LogP contribution is 2.38. The molecular weight excluding hydrogens is 508 g/mol. The monoisotopic (exact) mass is 558 g/mol. The highest BCUT2D eigenvalue weighted by molar-refractivity contribution is 5.69. The number of ether oxygens (including phenoxy) is 4. The van der Waals surface area contributed by atoms with Gasteiger partial charge in [-0.05, 0) is 87.4 Å². The Morgan fingerprint density at radius 3 is 2.50 bits per heavy atom. The van der Waals surface area contributed by atoms with E-state index in [0.717, 1.165) is 70.2 Å².